The first-order valence-electron chi connectivity index (χ1n) is 7.41. The lowest BCUT2D eigenvalue weighted by molar-refractivity contribution is -0.140. The van der Waals surface area contributed by atoms with Gasteiger partial charge in [-0.1, -0.05) is 26.0 Å². The van der Waals surface area contributed by atoms with E-state index in [-0.39, 0.29) is 31.8 Å². The molecule has 2 heterocycles. The number of carbonyl (C=O) groups excluding carboxylic acids is 3. The fourth-order valence-electron chi connectivity index (χ4n) is 2.02. The van der Waals surface area contributed by atoms with E-state index in [0.717, 1.165) is 0 Å². The Bertz CT molecular complexity index is 485. The Morgan fingerprint density at radius 1 is 1.32 bits per heavy atom. The van der Waals surface area contributed by atoms with Crippen molar-refractivity contribution in [2.24, 2.45) is 5.73 Å². The lowest BCUT2D eigenvalue weighted by atomic mass is 10.2. The molecule has 1 fully saturated rings. The van der Waals surface area contributed by atoms with Crippen LogP contribution in [0.2, 0.25) is 0 Å². The number of morpholine rings is 1. The molecule has 2 aliphatic heterocycles. The highest BCUT2D eigenvalue weighted by molar-refractivity contribution is 5.97. The van der Waals surface area contributed by atoms with Crippen LogP contribution in [0.5, 0.6) is 0 Å². The van der Waals surface area contributed by atoms with E-state index in [4.69, 9.17) is 10.5 Å². The van der Waals surface area contributed by atoms with Crippen molar-refractivity contribution in [3.8, 4) is 0 Å². The monoisotopic (exact) mass is 311 g/mol. The molecule has 0 spiro atoms. The van der Waals surface area contributed by atoms with Crippen LogP contribution in [-0.4, -0.2) is 60.4 Å². The summed E-state index contributed by atoms with van der Waals surface area (Å²) in [5, 5.41) is 0. The molecule has 1 saturated heterocycles. The molecular weight excluding hydrogens is 286 g/mol. The van der Waals surface area contributed by atoms with Crippen molar-refractivity contribution in [1.29, 1.82) is 0 Å². The molecule has 7 nitrogen and oxygen atoms in total. The minimum Gasteiger partial charge on any atom is -0.378 e. The standard InChI is InChI=1S/C13H17N3O4.C2H6.H2/c14-13(19)10-2-1-3-11(17)16(8-10)9-12(18)15-4-6-20-7-5-15;1-2;/h1-2,8H,3-7,9H2,(H2,14,19);1-2H3;1H. The third kappa shape index (κ3) is 5.00. The van der Waals surface area contributed by atoms with Crippen LogP contribution in [0, 0.1) is 0 Å². The minimum absolute atomic E-state index is 0. The number of hydrogen-bond acceptors (Lipinski definition) is 4. The number of carbonyl (C=O) groups is 3. The minimum atomic E-state index is -0.625. The molecule has 2 N–H and O–H groups in total. The highest BCUT2D eigenvalue weighted by Crippen LogP contribution is 2.10. The van der Waals surface area contributed by atoms with Gasteiger partial charge in [0.15, 0.2) is 0 Å². The molecule has 0 aliphatic carbocycles. The molecule has 0 aromatic rings. The van der Waals surface area contributed by atoms with E-state index in [0.29, 0.717) is 26.3 Å². The zero-order valence-electron chi connectivity index (χ0n) is 13.1. The van der Waals surface area contributed by atoms with E-state index < -0.39 is 5.91 Å². The Labute approximate surface area is 131 Å². The van der Waals surface area contributed by atoms with Crippen LogP contribution in [0.4, 0.5) is 0 Å². The van der Waals surface area contributed by atoms with Gasteiger partial charge in [0, 0.05) is 27.1 Å². The summed E-state index contributed by atoms with van der Waals surface area (Å²) < 4.78 is 5.17. The molecule has 0 unspecified atom stereocenters. The molecule has 0 aromatic carbocycles. The highest BCUT2D eigenvalue weighted by atomic mass is 16.5. The maximum atomic E-state index is 12.1. The van der Waals surface area contributed by atoms with E-state index in [1.807, 2.05) is 13.8 Å². The van der Waals surface area contributed by atoms with Gasteiger partial charge in [0.1, 0.15) is 6.54 Å². The van der Waals surface area contributed by atoms with Crippen LogP contribution < -0.4 is 5.73 Å². The van der Waals surface area contributed by atoms with Crippen molar-refractivity contribution in [2.75, 3.05) is 32.8 Å². The summed E-state index contributed by atoms with van der Waals surface area (Å²) in [5.74, 6) is -1.03. The highest BCUT2D eigenvalue weighted by Gasteiger charge is 2.23. The Balaban J connectivity index is 0.00000155. The molecule has 22 heavy (non-hydrogen) atoms. The maximum absolute atomic E-state index is 12.1. The second-order valence-corrected chi connectivity index (χ2v) is 4.57. The average Bonchev–Trinajstić information content (AvgIpc) is 2.72. The summed E-state index contributed by atoms with van der Waals surface area (Å²) in [6, 6.07) is 0. The lowest BCUT2D eigenvalue weighted by Crippen LogP contribution is -2.45. The molecule has 0 aromatic heterocycles. The third-order valence-corrected chi connectivity index (χ3v) is 3.16. The van der Waals surface area contributed by atoms with Crippen molar-refractivity contribution >= 4 is 17.7 Å². The smallest absolute Gasteiger partial charge is 0.250 e. The first kappa shape index (κ1) is 17.9. The van der Waals surface area contributed by atoms with Crippen molar-refractivity contribution in [3.05, 3.63) is 23.9 Å². The Hall–Kier alpha value is -2.15. The van der Waals surface area contributed by atoms with E-state index in [2.05, 4.69) is 0 Å². The fraction of sp³-hybridized carbons (Fsp3) is 0.533. The number of nitrogens with two attached hydrogens (primary N) is 1. The zero-order valence-corrected chi connectivity index (χ0v) is 13.1. The molecule has 2 rings (SSSR count). The predicted molar refractivity (Wildman–Crippen MR) is 83.6 cm³/mol. The second kappa shape index (κ2) is 8.99. The number of primary amides is 1. The van der Waals surface area contributed by atoms with Gasteiger partial charge in [0.05, 0.1) is 18.8 Å². The number of amides is 3. The predicted octanol–water partition coefficient (Wildman–Crippen LogP) is 0.275. The third-order valence-electron chi connectivity index (χ3n) is 3.16. The molecule has 0 bridgehead atoms. The van der Waals surface area contributed by atoms with Crippen molar-refractivity contribution < 1.29 is 20.5 Å². The first-order chi connectivity index (χ1) is 10.6. The quantitative estimate of drug-likeness (QED) is 0.810. The van der Waals surface area contributed by atoms with Crippen LogP contribution in [0.15, 0.2) is 23.9 Å². The average molecular weight is 311 g/mol. The molecule has 124 valence electrons. The van der Waals surface area contributed by atoms with Crippen molar-refractivity contribution in [1.82, 2.24) is 9.80 Å². The van der Waals surface area contributed by atoms with Crippen LogP contribution in [-0.2, 0) is 19.1 Å². The first-order valence-corrected chi connectivity index (χ1v) is 7.41. The van der Waals surface area contributed by atoms with Gasteiger partial charge in [0.25, 0.3) is 0 Å². The van der Waals surface area contributed by atoms with Crippen LogP contribution >= 0.6 is 0 Å². The van der Waals surface area contributed by atoms with Gasteiger partial charge in [-0.25, -0.2) is 0 Å². The molecule has 0 atom stereocenters. The van der Waals surface area contributed by atoms with Crippen LogP contribution in [0.3, 0.4) is 0 Å². The molecule has 0 radical (unpaired) electrons. The SMILES string of the molecule is CC.NC(=O)C1=CN(CC(=O)N2CCOCC2)C(=O)CC=C1.[HH]. The van der Waals surface area contributed by atoms with E-state index in [1.165, 1.54) is 17.2 Å². The molecule has 7 heteroatoms. The van der Waals surface area contributed by atoms with Gasteiger partial charge >= 0.3 is 0 Å². The van der Waals surface area contributed by atoms with Gasteiger partial charge in [0.2, 0.25) is 17.7 Å². The Morgan fingerprint density at radius 3 is 2.55 bits per heavy atom. The van der Waals surface area contributed by atoms with Gasteiger partial charge in [-0.2, -0.15) is 0 Å². The van der Waals surface area contributed by atoms with Gasteiger partial charge < -0.3 is 20.3 Å². The number of nitrogens with zero attached hydrogens (tertiary/aromatic N) is 2. The molecule has 2 aliphatic rings. The summed E-state index contributed by atoms with van der Waals surface area (Å²) in [5.41, 5.74) is 5.42. The number of hydrogen-bond donors (Lipinski definition) is 1. The van der Waals surface area contributed by atoms with E-state index >= 15 is 0 Å². The van der Waals surface area contributed by atoms with Crippen LogP contribution in [0.1, 0.15) is 21.7 Å². The second-order valence-electron chi connectivity index (χ2n) is 4.57. The topological polar surface area (TPSA) is 92.9 Å². The summed E-state index contributed by atoms with van der Waals surface area (Å²) in [7, 11) is 0. The summed E-state index contributed by atoms with van der Waals surface area (Å²) >= 11 is 0. The van der Waals surface area contributed by atoms with E-state index in [1.54, 1.807) is 11.0 Å². The van der Waals surface area contributed by atoms with E-state index in [9.17, 15) is 14.4 Å². The summed E-state index contributed by atoms with van der Waals surface area (Å²) in [6.45, 7) is 5.96. The van der Waals surface area contributed by atoms with Crippen molar-refractivity contribution in [3.63, 3.8) is 0 Å². The largest absolute Gasteiger partial charge is 0.378 e. The number of rotatable bonds is 3. The van der Waals surface area contributed by atoms with Gasteiger partial charge in [-0.15, -0.1) is 0 Å². The zero-order chi connectivity index (χ0) is 16.5. The Kier molecular flexibility index (Phi) is 7.31. The molecule has 0 saturated carbocycles. The van der Waals surface area contributed by atoms with Crippen LogP contribution in [0.25, 0.3) is 0 Å². The van der Waals surface area contributed by atoms with Gasteiger partial charge in [-0.05, 0) is 0 Å². The summed E-state index contributed by atoms with van der Waals surface area (Å²) in [6.07, 6.45) is 4.55. The van der Waals surface area contributed by atoms with Gasteiger partial charge in [-0.3, -0.25) is 14.4 Å². The number of ether oxygens (including phenoxy) is 1. The van der Waals surface area contributed by atoms with Crippen molar-refractivity contribution in [2.45, 2.75) is 20.3 Å². The Morgan fingerprint density at radius 2 is 1.95 bits per heavy atom. The fourth-order valence-corrected chi connectivity index (χ4v) is 2.02. The molecular formula is C15H25N3O4. The maximum Gasteiger partial charge on any atom is 0.250 e. The lowest BCUT2D eigenvalue weighted by Gasteiger charge is -2.28. The normalized spacial score (nSPS) is 18.1. The summed E-state index contributed by atoms with van der Waals surface area (Å²) in [4.78, 5) is 38.1. The molecule has 3 amide bonds.